The van der Waals surface area contributed by atoms with Crippen LogP contribution in [0.1, 0.15) is 0 Å². The van der Waals surface area contributed by atoms with Crippen LogP contribution in [0.4, 0.5) is 0 Å². The van der Waals surface area contributed by atoms with E-state index < -0.39 is 0 Å². The van der Waals surface area contributed by atoms with Gasteiger partial charge in [0, 0.05) is 11.5 Å². The lowest BCUT2D eigenvalue weighted by molar-refractivity contribution is 0.167. The number of aromatic nitrogens is 2. The molecule has 0 N–H and O–H groups in total. The number of rotatable bonds is 6. The third-order valence-corrected chi connectivity index (χ3v) is 2.97. The minimum atomic E-state index is 0.722. The summed E-state index contributed by atoms with van der Waals surface area (Å²) in [6, 6.07) is 0. The summed E-state index contributed by atoms with van der Waals surface area (Å²) in [7, 11) is 0. The fraction of sp³-hybridized carbons (Fsp3) is 0.667. The Morgan fingerprint density at radius 3 is 3.17 bits per heavy atom. The number of hydrogen-bond acceptors (Lipinski definition) is 6. The van der Waals surface area contributed by atoms with Crippen molar-refractivity contribution in [1.82, 2.24) is 9.36 Å². The lowest BCUT2D eigenvalue weighted by Crippen LogP contribution is -1.99. The second kappa shape index (κ2) is 6.71. The maximum Gasteiger partial charge on any atom is 0.169 e. The van der Waals surface area contributed by atoms with Gasteiger partial charge < -0.3 is 4.74 Å². The summed E-state index contributed by atoms with van der Waals surface area (Å²) in [5.41, 5.74) is 0. The van der Waals surface area contributed by atoms with Crippen LogP contribution in [0.3, 0.4) is 0 Å². The molecule has 0 aliphatic heterocycles. The van der Waals surface area contributed by atoms with Gasteiger partial charge in [0.15, 0.2) is 4.34 Å². The fourth-order valence-electron chi connectivity index (χ4n) is 0.581. The summed E-state index contributed by atoms with van der Waals surface area (Å²) >= 11 is 7.12. The van der Waals surface area contributed by atoms with Crippen LogP contribution in [0.25, 0.3) is 0 Å². The molecule has 0 fully saturated rings. The molecule has 1 heterocycles. The van der Waals surface area contributed by atoms with Gasteiger partial charge in [0.05, 0.1) is 13.2 Å². The predicted molar refractivity (Wildman–Crippen MR) is 55.3 cm³/mol. The van der Waals surface area contributed by atoms with E-state index in [2.05, 4.69) is 22.0 Å². The quantitative estimate of drug-likeness (QED) is 0.450. The van der Waals surface area contributed by atoms with E-state index in [4.69, 9.17) is 4.74 Å². The SMILES string of the molecule is SCCOCCSc1ncns1. The largest absolute Gasteiger partial charge is 0.380 e. The zero-order valence-corrected chi connectivity index (χ0v) is 9.00. The Labute approximate surface area is 85.5 Å². The van der Waals surface area contributed by atoms with Crippen LogP contribution in [0.2, 0.25) is 0 Å². The van der Waals surface area contributed by atoms with Crippen molar-refractivity contribution in [2.24, 2.45) is 0 Å². The van der Waals surface area contributed by atoms with Crippen LogP contribution >= 0.6 is 35.9 Å². The van der Waals surface area contributed by atoms with E-state index in [9.17, 15) is 0 Å². The molecule has 0 saturated heterocycles. The number of thiol groups is 1. The topological polar surface area (TPSA) is 35.0 Å². The van der Waals surface area contributed by atoms with Gasteiger partial charge in [-0.2, -0.15) is 17.0 Å². The summed E-state index contributed by atoms with van der Waals surface area (Å²) in [5.74, 6) is 1.71. The van der Waals surface area contributed by atoms with Gasteiger partial charge in [-0.25, -0.2) is 4.98 Å². The molecule has 0 spiro atoms. The highest BCUT2D eigenvalue weighted by Gasteiger charge is 1.96. The highest BCUT2D eigenvalue weighted by Crippen LogP contribution is 2.17. The number of ether oxygens (including phenoxy) is 1. The normalized spacial score (nSPS) is 10.4. The van der Waals surface area contributed by atoms with Crippen molar-refractivity contribution in [3.05, 3.63) is 6.33 Å². The first-order valence-corrected chi connectivity index (χ1v) is 5.90. The molecule has 0 bridgehead atoms. The van der Waals surface area contributed by atoms with Crippen molar-refractivity contribution in [2.45, 2.75) is 4.34 Å². The summed E-state index contributed by atoms with van der Waals surface area (Å²) in [6.45, 7) is 1.48. The molecule has 0 amide bonds. The van der Waals surface area contributed by atoms with Crippen molar-refractivity contribution in [1.29, 1.82) is 0 Å². The lowest BCUT2D eigenvalue weighted by atomic mass is 10.8. The summed E-state index contributed by atoms with van der Waals surface area (Å²) in [4.78, 5) is 4.03. The molecule has 1 rings (SSSR count). The van der Waals surface area contributed by atoms with Gasteiger partial charge in [0.1, 0.15) is 6.33 Å². The van der Waals surface area contributed by atoms with Gasteiger partial charge in [-0.1, -0.05) is 11.8 Å². The maximum absolute atomic E-state index is 5.24. The fourth-order valence-corrected chi connectivity index (χ4v) is 2.08. The van der Waals surface area contributed by atoms with Gasteiger partial charge in [0.25, 0.3) is 0 Å². The van der Waals surface area contributed by atoms with Crippen LogP contribution < -0.4 is 0 Å². The first-order chi connectivity index (χ1) is 5.93. The van der Waals surface area contributed by atoms with E-state index in [1.165, 1.54) is 11.5 Å². The molecule has 1 aromatic heterocycles. The summed E-state index contributed by atoms with van der Waals surface area (Å²) in [6.07, 6.45) is 1.57. The second-order valence-electron chi connectivity index (χ2n) is 1.89. The minimum Gasteiger partial charge on any atom is -0.380 e. The van der Waals surface area contributed by atoms with Crippen LogP contribution in [0, 0.1) is 0 Å². The zero-order valence-electron chi connectivity index (χ0n) is 6.47. The van der Waals surface area contributed by atoms with Crippen LogP contribution in [0.15, 0.2) is 10.7 Å². The molecule has 0 saturated carbocycles. The van der Waals surface area contributed by atoms with E-state index in [1.54, 1.807) is 18.1 Å². The minimum absolute atomic E-state index is 0.722. The Bertz CT molecular complexity index is 193. The summed E-state index contributed by atoms with van der Waals surface area (Å²) in [5, 5.41) is 0. The molecule has 12 heavy (non-hydrogen) atoms. The summed E-state index contributed by atoms with van der Waals surface area (Å²) < 4.78 is 10.1. The Morgan fingerprint density at radius 1 is 1.58 bits per heavy atom. The third-order valence-electron chi connectivity index (χ3n) is 1.03. The van der Waals surface area contributed by atoms with Crippen molar-refractivity contribution >= 4 is 35.9 Å². The molecule has 1 aromatic rings. The van der Waals surface area contributed by atoms with Crippen molar-refractivity contribution in [2.75, 3.05) is 24.7 Å². The van der Waals surface area contributed by atoms with E-state index >= 15 is 0 Å². The molecule has 0 aliphatic rings. The molecule has 0 radical (unpaired) electrons. The van der Waals surface area contributed by atoms with E-state index in [0.29, 0.717) is 0 Å². The van der Waals surface area contributed by atoms with Crippen LogP contribution in [-0.4, -0.2) is 34.1 Å². The smallest absolute Gasteiger partial charge is 0.169 e. The second-order valence-corrected chi connectivity index (χ2v) is 4.46. The predicted octanol–water partition coefficient (Wildman–Crippen LogP) is 1.58. The van der Waals surface area contributed by atoms with Crippen LogP contribution in [-0.2, 0) is 4.74 Å². The molecule has 0 atom stereocenters. The Morgan fingerprint density at radius 2 is 2.50 bits per heavy atom. The Kier molecular flexibility index (Phi) is 5.76. The van der Waals surface area contributed by atoms with Gasteiger partial charge in [0.2, 0.25) is 0 Å². The van der Waals surface area contributed by atoms with E-state index in [-0.39, 0.29) is 0 Å². The Balaban J connectivity index is 1.96. The lowest BCUT2D eigenvalue weighted by Gasteiger charge is -1.98. The van der Waals surface area contributed by atoms with E-state index in [1.807, 2.05) is 0 Å². The molecular formula is C6H10N2OS3. The molecule has 68 valence electrons. The number of thioether (sulfide) groups is 1. The van der Waals surface area contributed by atoms with Gasteiger partial charge >= 0.3 is 0 Å². The number of nitrogens with zero attached hydrogens (tertiary/aromatic N) is 2. The average Bonchev–Trinajstić information content (AvgIpc) is 2.57. The first-order valence-electron chi connectivity index (χ1n) is 3.51. The molecule has 0 aromatic carbocycles. The van der Waals surface area contributed by atoms with Gasteiger partial charge in [-0.05, 0) is 11.5 Å². The van der Waals surface area contributed by atoms with Gasteiger partial charge in [-0.3, -0.25) is 0 Å². The molecule has 0 aliphatic carbocycles. The zero-order chi connectivity index (χ0) is 8.65. The van der Waals surface area contributed by atoms with Gasteiger partial charge in [-0.15, -0.1) is 0 Å². The van der Waals surface area contributed by atoms with Crippen molar-refractivity contribution < 1.29 is 4.74 Å². The highest BCUT2D eigenvalue weighted by molar-refractivity contribution is 8.00. The van der Waals surface area contributed by atoms with Crippen LogP contribution in [0.5, 0.6) is 0 Å². The maximum atomic E-state index is 5.24. The third kappa shape index (κ3) is 4.30. The molecule has 6 heteroatoms. The molecule has 0 unspecified atom stereocenters. The monoisotopic (exact) mass is 222 g/mol. The Hall–Kier alpha value is 0.220. The average molecular weight is 222 g/mol. The van der Waals surface area contributed by atoms with E-state index in [0.717, 1.165) is 29.1 Å². The standard InChI is InChI=1S/C6H10N2OS3/c10-3-1-9-2-4-11-6-7-5-8-12-6/h5,10H,1-4H2. The molecule has 3 nitrogen and oxygen atoms in total. The van der Waals surface area contributed by atoms with Crippen molar-refractivity contribution in [3.8, 4) is 0 Å². The molecular weight excluding hydrogens is 212 g/mol. The first kappa shape index (κ1) is 10.3. The highest BCUT2D eigenvalue weighted by atomic mass is 32.2. The van der Waals surface area contributed by atoms with Crippen molar-refractivity contribution in [3.63, 3.8) is 0 Å². The number of hydrogen-bond donors (Lipinski definition) is 1.